The number of amides is 1. The predicted octanol–water partition coefficient (Wildman–Crippen LogP) is 3.29. The summed E-state index contributed by atoms with van der Waals surface area (Å²) in [5.41, 5.74) is 2.65. The molecule has 0 heterocycles. The Kier molecular flexibility index (Phi) is 6.91. The van der Waals surface area contributed by atoms with E-state index in [4.69, 9.17) is 4.74 Å². The number of sulfonamides is 1. The Morgan fingerprint density at radius 2 is 1.85 bits per heavy atom. The molecule has 0 saturated carbocycles. The molecule has 0 saturated heterocycles. The van der Waals surface area contributed by atoms with E-state index in [-0.39, 0.29) is 22.3 Å². The van der Waals surface area contributed by atoms with Gasteiger partial charge in [-0.05, 0) is 43.7 Å². The van der Waals surface area contributed by atoms with Gasteiger partial charge in [0.15, 0.2) is 0 Å². The Hall–Kier alpha value is -2.03. The van der Waals surface area contributed by atoms with E-state index in [1.54, 1.807) is 6.07 Å². The van der Waals surface area contributed by atoms with Crippen LogP contribution in [0.25, 0.3) is 0 Å². The largest absolute Gasteiger partial charge is 0.495 e. The fourth-order valence-electron chi connectivity index (χ4n) is 2.36. The molecular weight excluding hydrogens is 384 g/mol. The summed E-state index contributed by atoms with van der Waals surface area (Å²) in [5, 5.41) is 2.75. The highest BCUT2D eigenvalue weighted by Crippen LogP contribution is 2.29. The first kappa shape index (κ1) is 21.3. The van der Waals surface area contributed by atoms with Crippen molar-refractivity contribution in [2.24, 2.45) is 0 Å². The van der Waals surface area contributed by atoms with E-state index in [1.165, 1.54) is 45.1 Å². The van der Waals surface area contributed by atoms with Crippen LogP contribution in [0, 0.1) is 13.8 Å². The number of rotatable bonds is 7. The summed E-state index contributed by atoms with van der Waals surface area (Å²) in [7, 11) is 0.605. The molecule has 0 unspecified atom stereocenters. The summed E-state index contributed by atoms with van der Waals surface area (Å²) in [6.07, 6.45) is 0. The van der Waals surface area contributed by atoms with Crippen LogP contribution in [0.3, 0.4) is 0 Å². The van der Waals surface area contributed by atoms with E-state index in [9.17, 15) is 13.2 Å². The molecule has 2 aromatic rings. The van der Waals surface area contributed by atoms with Gasteiger partial charge in [0, 0.05) is 24.7 Å². The molecule has 2 rings (SSSR count). The van der Waals surface area contributed by atoms with Gasteiger partial charge in [-0.3, -0.25) is 4.79 Å². The monoisotopic (exact) mass is 408 g/mol. The van der Waals surface area contributed by atoms with Gasteiger partial charge in [-0.2, -0.15) is 0 Å². The number of benzene rings is 2. The average Bonchev–Trinajstić information content (AvgIpc) is 2.62. The molecule has 6 nitrogen and oxygen atoms in total. The van der Waals surface area contributed by atoms with Crippen molar-refractivity contribution in [2.75, 3.05) is 32.3 Å². The van der Waals surface area contributed by atoms with Crippen molar-refractivity contribution in [3.63, 3.8) is 0 Å². The molecule has 0 bridgehead atoms. The molecule has 0 aliphatic carbocycles. The van der Waals surface area contributed by atoms with Crippen molar-refractivity contribution in [2.45, 2.75) is 23.6 Å². The maximum atomic E-state index is 12.5. The van der Waals surface area contributed by atoms with Crippen molar-refractivity contribution in [3.05, 3.63) is 47.5 Å². The normalized spacial score (nSPS) is 11.5. The van der Waals surface area contributed by atoms with Gasteiger partial charge in [0.05, 0.1) is 12.9 Å². The lowest BCUT2D eigenvalue weighted by molar-refractivity contribution is -0.113. The van der Waals surface area contributed by atoms with Crippen LogP contribution in [-0.4, -0.2) is 45.6 Å². The zero-order valence-electron chi connectivity index (χ0n) is 16.1. The second-order valence-electron chi connectivity index (χ2n) is 6.26. The van der Waals surface area contributed by atoms with Crippen LogP contribution in [0.2, 0.25) is 0 Å². The molecule has 0 aliphatic rings. The topological polar surface area (TPSA) is 75.7 Å². The van der Waals surface area contributed by atoms with Gasteiger partial charge >= 0.3 is 0 Å². The minimum atomic E-state index is -3.69. The van der Waals surface area contributed by atoms with Crippen molar-refractivity contribution in [1.29, 1.82) is 0 Å². The van der Waals surface area contributed by atoms with Gasteiger partial charge in [-0.15, -0.1) is 11.8 Å². The molecule has 0 fully saturated rings. The van der Waals surface area contributed by atoms with E-state index in [0.29, 0.717) is 5.69 Å². The van der Waals surface area contributed by atoms with E-state index >= 15 is 0 Å². The van der Waals surface area contributed by atoms with Crippen LogP contribution in [-0.2, 0) is 14.8 Å². The molecule has 1 N–H and O–H groups in total. The highest BCUT2D eigenvalue weighted by molar-refractivity contribution is 8.00. The summed E-state index contributed by atoms with van der Waals surface area (Å²) in [4.78, 5) is 13.4. The quantitative estimate of drug-likeness (QED) is 0.712. The molecule has 0 aliphatic heterocycles. The summed E-state index contributed by atoms with van der Waals surface area (Å²) in [6.45, 7) is 4.01. The van der Waals surface area contributed by atoms with Crippen molar-refractivity contribution in [3.8, 4) is 5.75 Å². The number of thioether (sulfide) groups is 1. The average molecular weight is 409 g/mol. The number of anilines is 1. The highest BCUT2D eigenvalue weighted by Gasteiger charge is 2.23. The van der Waals surface area contributed by atoms with Crippen molar-refractivity contribution in [1.82, 2.24) is 4.31 Å². The van der Waals surface area contributed by atoms with Gasteiger partial charge in [0.1, 0.15) is 10.6 Å². The maximum Gasteiger partial charge on any atom is 0.246 e. The van der Waals surface area contributed by atoms with Crippen LogP contribution >= 0.6 is 11.8 Å². The number of methoxy groups -OCH3 is 1. The van der Waals surface area contributed by atoms with E-state index < -0.39 is 10.0 Å². The number of hydrogen-bond donors (Lipinski definition) is 1. The van der Waals surface area contributed by atoms with E-state index in [1.807, 2.05) is 32.0 Å². The van der Waals surface area contributed by atoms with Crippen molar-refractivity contribution >= 4 is 33.4 Å². The lowest BCUT2D eigenvalue weighted by Crippen LogP contribution is -2.23. The van der Waals surface area contributed by atoms with Gasteiger partial charge in [0.25, 0.3) is 0 Å². The first-order valence-corrected chi connectivity index (χ1v) is 10.7. The fourth-order valence-corrected chi connectivity index (χ4v) is 4.35. The molecule has 27 heavy (non-hydrogen) atoms. The minimum Gasteiger partial charge on any atom is -0.495 e. The van der Waals surface area contributed by atoms with Crippen molar-refractivity contribution < 1.29 is 17.9 Å². The number of hydrogen-bond acceptors (Lipinski definition) is 5. The van der Waals surface area contributed by atoms with Gasteiger partial charge < -0.3 is 10.1 Å². The third-order valence-corrected chi connectivity index (χ3v) is 6.90. The third-order valence-electron chi connectivity index (χ3n) is 3.91. The number of aryl methyl sites for hydroxylation is 2. The molecule has 0 spiro atoms. The number of nitrogens with zero attached hydrogens (tertiary/aromatic N) is 1. The highest BCUT2D eigenvalue weighted by atomic mass is 32.2. The molecule has 146 valence electrons. The summed E-state index contributed by atoms with van der Waals surface area (Å²) in [5.74, 6) is 0.247. The Morgan fingerprint density at radius 1 is 1.15 bits per heavy atom. The molecule has 0 aromatic heterocycles. The Balaban J connectivity index is 2.15. The smallest absolute Gasteiger partial charge is 0.246 e. The van der Waals surface area contributed by atoms with E-state index in [0.717, 1.165) is 20.3 Å². The van der Waals surface area contributed by atoms with Gasteiger partial charge in [-0.1, -0.05) is 17.7 Å². The summed E-state index contributed by atoms with van der Waals surface area (Å²) in [6, 6.07) is 10.7. The van der Waals surface area contributed by atoms with E-state index in [2.05, 4.69) is 5.32 Å². The van der Waals surface area contributed by atoms with Crippen LogP contribution < -0.4 is 10.1 Å². The number of ether oxygens (including phenoxy) is 1. The van der Waals surface area contributed by atoms with Crippen LogP contribution in [0.5, 0.6) is 5.75 Å². The Morgan fingerprint density at radius 3 is 2.48 bits per heavy atom. The van der Waals surface area contributed by atoms with Crippen LogP contribution in [0.1, 0.15) is 11.1 Å². The van der Waals surface area contributed by atoms with Crippen LogP contribution in [0.4, 0.5) is 5.69 Å². The molecule has 0 atom stereocenters. The second kappa shape index (κ2) is 8.77. The number of nitrogens with one attached hydrogen (secondary N) is 1. The fraction of sp³-hybridized carbons (Fsp3) is 0.316. The van der Waals surface area contributed by atoms with Crippen LogP contribution in [0.15, 0.2) is 46.2 Å². The SMILES string of the molecule is COc1ccc(NC(=O)CSc2cc(C)ccc2C)cc1S(=O)(=O)N(C)C. The summed E-state index contributed by atoms with van der Waals surface area (Å²) >= 11 is 1.45. The van der Waals surface area contributed by atoms with Gasteiger partial charge in [0.2, 0.25) is 15.9 Å². The zero-order chi connectivity index (χ0) is 20.2. The number of carbonyl (C=O) groups is 1. The molecular formula is C19H24N2O4S2. The lowest BCUT2D eigenvalue weighted by Gasteiger charge is -2.16. The maximum absolute atomic E-state index is 12.5. The lowest BCUT2D eigenvalue weighted by atomic mass is 10.2. The van der Waals surface area contributed by atoms with Gasteiger partial charge in [-0.25, -0.2) is 12.7 Å². The first-order valence-electron chi connectivity index (χ1n) is 8.25. The zero-order valence-corrected chi connectivity index (χ0v) is 17.7. The molecule has 0 radical (unpaired) electrons. The number of carbonyl (C=O) groups excluding carboxylic acids is 1. The predicted molar refractivity (Wildman–Crippen MR) is 109 cm³/mol. The Bertz CT molecular complexity index is 941. The first-order chi connectivity index (χ1) is 12.6. The minimum absolute atomic E-state index is 0.00924. The second-order valence-corrected chi connectivity index (χ2v) is 9.40. The summed E-state index contributed by atoms with van der Waals surface area (Å²) < 4.78 is 31.2. The standard InChI is InChI=1S/C19H24N2O4S2/c1-13-6-7-14(2)17(10-13)26-12-19(22)20-15-8-9-16(25-5)18(11-15)27(23,24)21(3)4/h6-11H,12H2,1-5H3,(H,20,22). The molecule has 2 aromatic carbocycles. The third kappa shape index (κ3) is 5.24. The Labute approximate surface area is 165 Å². The molecule has 8 heteroatoms. The molecule has 1 amide bonds.